The number of carbonyl (C=O) groups excluding carboxylic acids is 1. The quantitative estimate of drug-likeness (QED) is 0.310. The van der Waals surface area contributed by atoms with Crippen molar-refractivity contribution < 1.29 is 22.5 Å². The predicted octanol–water partition coefficient (Wildman–Crippen LogP) is -0.387. The van der Waals surface area contributed by atoms with Crippen molar-refractivity contribution in [2.24, 2.45) is 0 Å². The second kappa shape index (κ2) is 7.10. The first kappa shape index (κ1) is 16.2. The Bertz CT molecular complexity index is 281. The molecule has 0 aliphatic rings. The summed E-state index contributed by atoms with van der Waals surface area (Å²) in [4.78, 5) is 10.6. The van der Waals surface area contributed by atoms with E-state index in [2.05, 4.69) is 11.3 Å². The summed E-state index contributed by atoms with van der Waals surface area (Å²) in [6.07, 6.45) is 0. The maximum Gasteiger partial charge on any atom is 0.333 e. The van der Waals surface area contributed by atoms with Crippen molar-refractivity contribution in [1.29, 1.82) is 0 Å². The largest absolute Gasteiger partial charge is 0.461 e. The van der Waals surface area contributed by atoms with E-state index in [0.29, 0.717) is 0 Å². The molecule has 13 heavy (non-hydrogen) atoms. The van der Waals surface area contributed by atoms with Crippen LogP contribution in [-0.4, -0.2) is 82.7 Å². The zero-order valence-corrected chi connectivity index (χ0v) is 11.5. The average Bonchev–Trinajstić information content (AvgIpc) is 1.84. The van der Waals surface area contributed by atoms with Crippen LogP contribution in [0.1, 0.15) is 6.92 Å². The second-order valence-electron chi connectivity index (χ2n) is 2.20. The minimum Gasteiger partial charge on any atom is -0.461 e. The fourth-order valence-corrected chi connectivity index (χ4v) is 0.657. The van der Waals surface area contributed by atoms with Crippen LogP contribution in [0.5, 0.6) is 0 Å². The van der Waals surface area contributed by atoms with Gasteiger partial charge in [-0.25, -0.2) is 4.79 Å². The van der Waals surface area contributed by atoms with Gasteiger partial charge in [0.15, 0.2) is 0 Å². The summed E-state index contributed by atoms with van der Waals surface area (Å²) in [5, 5.41) is 0. The molecule has 0 saturated heterocycles. The van der Waals surface area contributed by atoms with Crippen molar-refractivity contribution in [2.75, 3.05) is 12.4 Å². The van der Waals surface area contributed by atoms with Gasteiger partial charge in [-0.15, -0.1) is 0 Å². The number of hydrogen-bond acceptors (Lipinski definition) is 4. The first-order valence-electron chi connectivity index (χ1n) is 3.11. The Labute approximate surface area is 120 Å². The van der Waals surface area contributed by atoms with Crippen LogP contribution in [-0.2, 0) is 19.6 Å². The van der Waals surface area contributed by atoms with Crippen LogP contribution in [0, 0.1) is 0 Å². The molecule has 0 rings (SSSR count). The van der Waals surface area contributed by atoms with E-state index in [1.54, 1.807) is 0 Å². The second-order valence-corrected chi connectivity index (χ2v) is 3.77. The van der Waals surface area contributed by atoms with Gasteiger partial charge in [-0.3, -0.25) is 4.55 Å². The van der Waals surface area contributed by atoms with E-state index in [1.807, 2.05) is 0 Å². The summed E-state index contributed by atoms with van der Waals surface area (Å²) in [5.74, 6) is -1.26. The van der Waals surface area contributed by atoms with Crippen molar-refractivity contribution in [3.8, 4) is 0 Å². The molecule has 1 N–H and O–H groups in total. The summed E-state index contributed by atoms with van der Waals surface area (Å²) < 4.78 is 32.9. The van der Waals surface area contributed by atoms with Crippen molar-refractivity contribution >= 4 is 67.5 Å². The first-order valence-corrected chi connectivity index (χ1v) is 4.71. The summed E-state index contributed by atoms with van der Waals surface area (Å²) in [5.41, 5.74) is 0.185. The molecule has 0 aromatic rings. The molecule has 0 fully saturated rings. The number of ether oxygens (including phenoxy) is 1. The number of hydrogen-bond donors (Lipinski definition) is 1. The maximum atomic E-state index is 10.6. The van der Waals surface area contributed by atoms with E-state index in [0.717, 1.165) is 0 Å². The fourth-order valence-electron chi connectivity index (χ4n) is 0.363. The molecular weight excluding hydrogens is 223 g/mol. The van der Waals surface area contributed by atoms with Gasteiger partial charge in [0, 0.05) is 57.0 Å². The van der Waals surface area contributed by atoms with Gasteiger partial charge in [-0.05, 0) is 6.92 Å². The molecule has 0 aromatic carbocycles. The molecule has 0 spiro atoms. The molecule has 0 aromatic heterocycles. The zero-order valence-electron chi connectivity index (χ0n) is 7.61. The molecule has 0 saturated carbocycles. The summed E-state index contributed by atoms with van der Waals surface area (Å²) >= 11 is 0. The molecule has 0 unspecified atom stereocenters. The third-order valence-electron chi connectivity index (χ3n) is 0.923. The van der Waals surface area contributed by atoms with Crippen LogP contribution in [0.2, 0.25) is 0 Å². The standard InChI is InChI=1S/C6H10O5S.K/c1-5(2)6(7)11-3-4-12(8,9)10;/h1,3-4H2,2H3,(H,8,9,10);. The molecule has 0 aliphatic carbocycles. The number of esters is 1. The van der Waals surface area contributed by atoms with Crippen molar-refractivity contribution in [1.82, 2.24) is 0 Å². The normalized spacial score (nSPS) is 10.0. The Kier molecular flexibility index (Phi) is 8.85. The van der Waals surface area contributed by atoms with Gasteiger partial charge in [0.1, 0.15) is 12.4 Å². The minimum atomic E-state index is -4.05. The van der Waals surface area contributed by atoms with Crippen LogP contribution in [0.25, 0.3) is 0 Å². The monoisotopic (exact) mass is 233 g/mol. The summed E-state index contributed by atoms with van der Waals surface area (Å²) in [6, 6.07) is 0. The van der Waals surface area contributed by atoms with E-state index in [-0.39, 0.29) is 63.6 Å². The Balaban J connectivity index is 0. The van der Waals surface area contributed by atoms with Gasteiger partial charge >= 0.3 is 5.97 Å². The van der Waals surface area contributed by atoms with Gasteiger partial charge in [-0.1, -0.05) is 6.58 Å². The van der Waals surface area contributed by atoms with Gasteiger partial charge in [0.25, 0.3) is 10.1 Å². The van der Waals surface area contributed by atoms with Crippen LogP contribution in [0.3, 0.4) is 0 Å². The van der Waals surface area contributed by atoms with E-state index in [4.69, 9.17) is 4.55 Å². The average molecular weight is 233 g/mol. The van der Waals surface area contributed by atoms with E-state index < -0.39 is 21.8 Å². The van der Waals surface area contributed by atoms with E-state index in [1.165, 1.54) is 6.92 Å². The third kappa shape index (κ3) is 10.7. The van der Waals surface area contributed by atoms with Gasteiger partial charge in [0.2, 0.25) is 0 Å². The fraction of sp³-hybridized carbons (Fsp3) is 0.500. The van der Waals surface area contributed by atoms with E-state index >= 15 is 0 Å². The Morgan fingerprint density at radius 1 is 1.54 bits per heavy atom. The molecule has 0 atom stereocenters. The molecule has 5 nitrogen and oxygen atoms in total. The van der Waals surface area contributed by atoms with E-state index in [9.17, 15) is 13.2 Å². The Hall–Kier alpha value is 0.756. The molecule has 0 aliphatic heterocycles. The third-order valence-corrected chi connectivity index (χ3v) is 1.61. The number of rotatable bonds is 4. The molecule has 71 valence electrons. The maximum absolute atomic E-state index is 10.6. The van der Waals surface area contributed by atoms with Crippen LogP contribution >= 0.6 is 0 Å². The first-order chi connectivity index (χ1) is 5.33. The number of carbonyl (C=O) groups is 1. The van der Waals surface area contributed by atoms with Gasteiger partial charge in [0.05, 0.1) is 0 Å². The topological polar surface area (TPSA) is 80.7 Å². The van der Waals surface area contributed by atoms with Crippen LogP contribution in [0.4, 0.5) is 0 Å². The molecule has 0 amide bonds. The summed E-state index contributed by atoms with van der Waals surface area (Å²) in [6.45, 7) is 4.37. The molecule has 0 heterocycles. The smallest absolute Gasteiger partial charge is 0.333 e. The molecule has 0 bridgehead atoms. The van der Waals surface area contributed by atoms with Gasteiger partial charge < -0.3 is 4.74 Å². The van der Waals surface area contributed by atoms with Crippen molar-refractivity contribution in [2.45, 2.75) is 6.92 Å². The zero-order chi connectivity index (χ0) is 9.78. The molecule has 1 radical (unpaired) electrons. The van der Waals surface area contributed by atoms with Gasteiger partial charge in [-0.2, -0.15) is 8.42 Å². The minimum absolute atomic E-state index is 0. The molecular formula is C6H10KO5S. The SMILES string of the molecule is C=C(C)C(=O)OCCS(=O)(=O)O.[K]. The Morgan fingerprint density at radius 3 is 2.31 bits per heavy atom. The summed E-state index contributed by atoms with van der Waals surface area (Å²) in [7, 11) is -4.05. The molecule has 7 heteroatoms. The van der Waals surface area contributed by atoms with Crippen LogP contribution < -0.4 is 0 Å². The van der Waals surface area contributed by atoms with Crippen molar-refractivity contribution in [3.05, 3.63) is 12.2 Å². The van der Waals surface area contributed by atoms with Crippen molar-refractivity contribution in [3.63, 3.8) is 0 Å². The predicted molar refractivity (Wildman–Crippen MR) is 47.9 cm³/mol. The van der Waals surface area contributed by atoms with Crippen LogP contribution in [0.15, 0.2) is 12.2 Å². The Morgan fingerprint density at radius 2 is 2.00 bits per heavy atom.